The number of hydrogen-bond acceptors (Lipinski definition) is 5. The quantitative estimate of drug-likeness (QED) is 0.367. The molecule has 0 aromatic carbocycles. The normalized spacial score (nSPS) is 9.50. The molecule has 0 aliphatic rings. The summed E-state index contributed by atoms with van der Waals surface area (Å²) in [7, 11) is 0. The van der Waals surface area contributed by atoms with E-state index in [1.54, 1.807) is 0 Å². The van der Waals surface area contributed by atoms with Crippen molar-refractivity contribution in [2.24, 2.45) is 0 Å². The standard InChI is InChI=1S/C6H8O7.C3H8O.Na.H/c7-3(8)1-6(13,5(11)12)2-4(9)10;1-2-3-4;;/h13H,1-2H2,(H,7,8)(H,9,10)(H,11,12);4H,2-3H2,1H3;;. The molecule has 0 rings (SSSR count). The van der Waals surface area contributed by atoms with Gasteiger partial charge < -0.3 is 25.5 Å². The van der Waals surface area contributed by atoms with E-state index in [9.17, 15) is 14.4 Å². The molecule has 9 heteroatoms. The molecule has 8 nitrogen and oxygen atoms in total. The number of rotatable bonds is 6. The van der Waals surface area contributed by atoms with Gasteiger partial charge in [0.25, 0.3) is 0 Å². The van der Waals surface area contributed by atoms with Crippen LogP contribution in [0.2, 0.25) is 0 Å². The van der Waals surface area contributed by atoms with Gasteiger partial charge in [0.05, 0.1) is 12.8 Å². The van der Waals surface area contributed by atoms with Crippen molar-refractivity contribution < 1.29 is 39.9 Å². The molecule has 0 amide bonds. The number of aliphatic hydroxyl groups is 2. The van der Waals surface area contributed by atoms with E-state index in [0.29, 0.717) is 6.61 Å². The molecule has 102 valence electrons. The number of aliphatic hydroxyl groups excluding tert-OH is 1. The molecule has 0 heterocycles. The predicted molar refractivity (Wildman–Crippen MR) is 61.6 cm³/mol. The second-order valence-corrected chi connectivity index (χ2v) is 3.20. The Hall–Kier alpha value is -0.670. The van der Waals surface area contributed by atoms with Gasteiger partial charge in [0.15, 0.2) is 5.60 Å². The summed E-state index contributed by atoms with van der Waals surface area (Å²) >= 11 is 0. The van der Waals surface area contributed by atoms with Crippen LogP contribution in [0.5, 0.6) is 0 Å². The topological polar surface area (TPSA) is 152 Å². The molecular weight excluding hydrogens is 259 g/mol. The Morgan fingerprint density at radius 2 is 1.28 bits per heavy atom. The Morgan fingerprint density at radius 1 is 1.00 bits per heavy atom. The molecule has 0 saturated heterocycles. The molecule has 0 atom stereocenters. The first-order valence-electron chi connectivity index (χ1n) is 4.69. The maximum absolute atomic E-state index is 10.3. The van der Waals surface area contributed by atoms with Gasteiger partial charge >= 0.3 is 47.5 Å². The van der Waals surface area contributed by atoms with E-state index in [1.807, 2.05) is 6.92 Å². The van der Waals surface area contributed by atoms with E-state index in [-0.39, 0.29) is 29.6 Å². The zero-order valence-corrected chi connectivity index (χ0v) is 9.29. The number of carboxylic acid groups (broad SMARTS) is 3. The van der Waals surface area contributed by atoms with E-state index in [1.165, 1.54) is 0 Å². The molecule has 0 aromatic rings. The summed E-state index contributed by atoms with van der Waals surface area (Å²) in [6.07, 6.45) is -1.41. The monoisotopic (exact) mass is 276 g/mol. The zero-order chi connectivity index (χ0) is 14.1. The fraction of sp³-hybridized carbons (Fsp3) is 0.667. The fourth-order valence-electron chi connectivity index (χ4n) is 0.714. The number of aliphatic carboxylic acids is 3. The predicted octanol–water partition coefficient (Wildman–Crippen LogP) is -1.51. The molecule has 0 spiro atoms. The van der Waals surface area contributed by atoms with Crippen molar-refractivity contribution in [3.05, 3.63) is 0 Å². The van der Waals surface area contributed by atoms with Gasteiger partial charge in [-0.25, -0.2) is 4.79 Å². The van der Waals surface area contributed by atoms with Crippen LogP contribution in [0.25, 0.3) is 0 Å². The van der Waals surface area contributed by atoms with Gasteiger partial charge in [-0.05, 0) is 6.42 Å². The van der Waals surface area contributed by atoms with Crippen LogP contribution in [0.1, 0.15) is 26.2 Å². The van der Waals surface area contributed by atoms with Crippen LogP contribution in [0.15, 0.2) is 0 Å². The first kappa shape index (κ1) is 22.5. The molecular formula is C9H17NaO8. The van der Waals surface area contributed by atoms with Crippen LogP contribution < -0.4 is 0 Å². The van der Waals surface area contributed by atoms with Crippen molar-refractivity contribution in [1.29, 1.82) is 0 Å². The van der Waals surface area contributed by atoms with Crippen LogP contribution >= 0.6 is 0 Å². The Kier molecular flexibility index (Phi) is 14.3. The van der Waals surface area contributed by atoms with Crippen molar-refractivity contribution in [3.8, 4) is 0 Å². The molecule has 0 bridgehead atoms. The number of carbonyl (C=O) groups is 3. The number of carboxylic acids is 3. The van der Waals surface area contributed by atoms with E-state index < -0.39 is 36.4 Å². The van der Waals surface area contributed by atoms with Crippen molar-refractivity contribution in [1.82, 2.24) is 0 Å². The average molecular weight is 276 g/mol. The SMILES string of the molecule is CCCO.O=C(O)CC(O)(CC(=O)O)C(=O)O.[NaH]. The molecule has 0 unspecified atom stereocenters. The Labute approximate surface area is 126 Å². The maximum atomic E-state index is 10.3. The summed E-state index contributed by atoms with van der Waals surface area (Å²) < 4.78 is 0. The Bertz CT molecular complexity index is 260. The summed E-state index contributed by atoms with van der Waals surface area (Å²) in [6.45, 7) is 2.25. The van der Waals surface area contributed by atoms with Gasteiger partial charge in [0.2, 0.25) is 0 Å². The van der Waals surface area contributed by atoms with Gasteiger partial charge in [-0.1, -0.05) is 6.92 Å². The van der Waals surface area contributed by atoms with E-state index >= 15 is 0 Å². The first-order chi connectivity index (χ1) is 7.69. The van der Waals surface area contributed by atoms with Crippen LogP contribution in [0.4, 0.5) is 0 Å². The Balaban J connectivity index is -0.000000392. The van der Waals surface area contributed by atoms with Gasteiger partial charge in [-0.2, -0.15) is 0 Å². The molecule has 18 heavy (non-hydrogen) atoms. The molecule has 0 aliphatic carbocycles. The van der Waals surface area contributed by atoms with Crippen molar-refractivity contribution in [2.75, 3.05) is 6.61 Å². The third kappa shape index (κ3) is 11.8. The average Bonchev–Trinajstić information content (AvgIpc) is 2.15. The second kappa shape index (κ2) is 11.4. The molecule has 5 N–H and O–H groups in total. The van der Waals surface area contributed by atoms with Gasteiger partial charge in [0, 0.05) is 6.61 Å². The van der Waals surface area contributed by atoms with Crippen LogP contribution in [-0.4, -0.2) is 85.2 Å². The summed E-state index contributed by atoms with van der Waals surface area (Å²) in [5, 5.41) is 41.7. The summed E-state index contributed by atoms with van der Waals surface area (Å²) in [4.78, 5) is 30.5. The summed E-state index contributed by atoms with van der Waals surface area (Å²) in [5.74, 6) is -5.02. The molecule has 0 saturated carbocycles. The van der Waals surface area contributed by atoms with E-state index in [4.69, 9.17) is 25.5 Å². The van der Waals surface area contributed by atoms with Gasteiger partial charge in [0.1, 0.15) is 0 Å². The summed E-state index contributed by atoms with van der Waals surface area (Å²) in [5.41, 5.74) is -2.74. The fourth-order valence-corrected chi connectivity index (χ4v) is 0.714. The molecule has 0 aromatic heterocycles. The third-order valence-corrected chi connectivity index (χ3v) is 1.51. The summed E-state index contributed by atoms with van der Waals surface area (Å²) in [6, 6.07) is 0. The minimum absolute atomic E-state index is 0. The number of hydrogen-bond donors (Lipinski definition) is 5. The van der Waals surface area contributed by atoms with Gasteiger partial charge in [-0.3, -0.25) is 9.59 Å². The Morgan fingerprint density at radius 3 is 1.39 bits per heavy atom. The van der Waals surface area contributed by atoms with Crippen molar-refractivity contribution >= 4 is 47.5 Å². The second-order valence-electron chi connectivity index (χ2n) is 3.20. The minimum atomic E-state index is -2.74. The first-order valence-corrected chi connectivity index (χ1v) is 4.69. The van der Waals surface area contributed by atoms with Gasteiger partial charge in [-0.15, -0.1) is 0 Å². The molecule has 0 radical (unpaired) electrons. The third-order valence-electron chi connectivity index (χ3n) is 1.51. The molecule has 0 fully saturated rings. The molecule has 0 aliphatic heterocycles. The van der Waals surface area contributed by atoms with Crippen LogP contribution in [-0.2, 0) is 14.4 Å². The van der Waals surface area contributed by atoms with Crippen molar-refractivity contribution in [3.63, 3.8) is 0 Å². The van der Waals surface area contributed by atoms with Crippen LogP contribution in [0, 0.1) is 0 Å². The van der Waals surface area contributed by atoms with E-state index in [0.717, 1.165) is 6.42 Å². The van der Waals surface area contributed by atoms with E-state index in [2.05, 4.69) is 0 Å². The van der Waals surface area contributed by atoms with Crippen LogP contribution in [0.3, 0.4) is 0 Å². The zero-order valence-electron chi connectivity index (χ0n) is 9.29. The van der Waals surface area contributed by atoms with Crippen molar-refractivity contribution in [2.45, 2.75) is 31.8 Å².